The van der Waals surface area contributed by atoms with Crippen LogP contribution in [0, 0.1) is 12.7 Å². The molecular weight excluding hydrogens is 264 g/mol. The van der Waals surface area contributed by atoms with Crippen LogP contribution in [-0.4, -0.2) is 9.97 Å². The SMILES string of the molecule is Cc1cnc(Cl)nc1Nc1cc(F)ccc1Cl. The van der Waals surface area contributed by atoms with Crippen molar-refractivity contribution in [2.24, 2.45) is 0 Å². The number of anilines is 2. The Morgan fingerprint density at radius 2 is 2.06 bits per heavy atom. The minimum atomic E-state index is -0.380. The number of rotatable bonds is 2. The number of nitrogens with zero attached hydrogens (tertiary/aromatic N) is 2. The van der Waals surface area contributed by atoms with Gasteiger partial charge in [0.25, 0.3) is 0 Å². The lowest BCUT2D eigenvalue weighted by atomic mass is 10.3. The van der Waals surface area contributed by atoms with E-state index < -0.39 is 0 Å². The molecule has 1 aromatic heterocycles. The van der Waals surface area contributed by atoms with E-state index in [2.05, 4.69) is 15.3 Å². The summed E-state index contributed by atoms with van der Waals surface area (Å²) in [4.78, 5) is 7.83. The highest BCUT2D eigenvalue weighted by atomic mass is 35.5. The average Bonchev–Trinajstić information content (AvgIpc) is 2.28. The number of hydrogen-bond acceptors (Lipinski definition) is 3. The van der Waals surface area contributed by atoms with Crippen molar-refractivity contribution in [2.45, 2.75) is 6.92 Å². The largest absolute Gasteiger partial charge is 0.339 e. The molecule has 0 fully saturated rings. The van der Waals surface area contributed by atoms with E-state index >= 15 is 0 Å². The smallest absolute Gasteiger partial charge is 0.224 e. The predicted molar refractivity (Wildman–Crippen MR) is 66.5 cm³/mol. The summed E-state index contributed by atoms with van der Waals surface area (Å²) < 4.78 is 13.1. The molecule has 0 unspecified atom stereocenters. The summed E-state index contributed by atoms with van der Waals surface area (Å²) in [6.45, 7) is 1.81. The van der Waals surface area contributed by atoms with Crippen molar-refractivity contribution < 1.29 is 4.39 Å². The summed E-state index contributed by atoms with van der Waals surface area (Å²) in [5.41, 5.74) is 1.22. The van der Waals surface area contributed by atoms with Gasteiger partial charge in [0.05, 0.1) is 10.7 Å². The van der Waals surface area contributed by atoms with Crippen LogP contribution >= 0.6 is 23.2 Å². The molecule has 2 aromatic rings. The topological polar surface area (TPSA) is 37.8 Å². The first-order valence-corrected chi connectivity index (χ1v) is 5.53. The van der Waals surface area contributed by atoms with E-state index in [1.807, 2.05) is 6.92 Å². The molecule has 2 rings (SSSR count). The van der Waals surface area contributed by atoms with Crippen molar-refractivity contribution in [2.75, 3.05) is 5.32 Å². The molecule has 0 amide bonds. The third kappa shape index (κ3) is 2.84. The molecule has 1 aromatic carbocycles. The standard InChI is InChI=1S/C11H8Cl2FN3/c1-6-5-15-11(13)17-10(6)16-9-4-7(14)2-3-8(9)12/h2-5H,1H3,(H,15,16,17). The van der Waals surface area contributed by atoms with E-state index in [9.17, 15) is 4.39 Å². The molecule has 88 valence electrons. The number of benzene rings is 1. The van der Waals surface area contributed by atoms with Crippen LogP contribution in [0.5, 0.6) is 0 Å². The highest BCUT2D eigenvalue weighted by molar-refractivity contribution is 6.33. The minimum absolute atomic E-state index is 0.116. The lowest BCUT2D eigenvalue weighted by Crippen LogP contribution is -1.99. The number of aromatic nitrogens is 2. The normalized spacial score (nSPS) is 10.4. The molecule has 0 aliphatic heterocycles. The van der Waals surface area contributed by atoms with E-state index in [1.54, 1.807) is 6.20 Å². The third-order valence-electron chi connectivity index (χ3n) is 2.12. The van der Waals surface area contributed by atoms with Crippen LogP contribution in [-0.2, 0) is 0 Å². The molecule has 1 N–H and O–H groups in total. The monoisotopic (exact) mass is 271 g/mol. The molecule has 0 radical (unpaired) electrons. The number of aryl methyl sites for hydroxylation is 1. The molecule has 17 heavy (non-hydrogen) atoms. The fraction of sp³-hybridized carbons (Fsp3) is 0.0909. The van der Waals surface area contributed by atoms with Gasteiger partial charge in [0, 0.05) is 11.8 Å². The van der Waals surface area contributed by atoms with Gasteiger partial charge in [-0.3, -0.25) is 0 Å². The summed E-state index contributed by atoms with van der Waals surface area (Å²) >= 11 is 11.6. The minimum Gasteiger partial charge on any atom is -0.339 e. The maximum absolute atomic E-state index is 13.1. The Hall–Kier alpha value is -1.39. The number of halogens is 3. The van der Waals surface area contributed by atoms with Crippen LogP contribution in [0.3, 0.4) is 0 Å². The fourth-order valence-corrected chi connectivity index (χ4v) is 1.57. The Labute approximate surface area is 108 Å². The van der Waals surface area contributed by atoms with Crippen LogP contribution in [0.2, 0.25) is 10.3 Å². The molecule has 0 saturated heterocycles. The van der Waals surface area contributed by atoms with E-state index in [0.717, 1.165) is 5.56 Å². The fourth-order valence-electron chi connectivity index (χ4n) is 1.27. The quantitative estimate of drug-likeness (QED) is 0.840. The molecule has 0 aliphatic rings. The van der Waals surface area contributed by atoms with Gasteiger partial charge in [0.1, 0.15) is 11.6 Å². The summed E-state index contributed by atoms with van der Waals surface area (Å²) in [7, 11) is 0. The molecule has 0 spiro atoms. The Balaban J connectivity index is 2.37. The van der Waals surface area contributed by atoms with Gasteiger partial charge in [0.2, 0.25) is 5.28 Å². The van der Waals surface area contributed by atoms with Gasteiger partial charge >= 0.3 is 0 Å². The Bertz CT molecular complexity index is 511. The van der Waals surface area contributed by atoms with Crippen LogP contribution in [0.1, 0.15) is 5.56 Å². The molecule has 3 nitrogen and oxygen atoms in total. The highest BCUT2D eigenvalue weighted by Crippen LogP contribution is 2.26. The lowest BCUT2D eigenvalue weighted by molar-refractivity contribution is 0.628. The summed E-state index contributed by atoms with van der Waals surface area (Å²) in [6.07, 6.45) is 1.57. The Kier molecular flexibility index (Phi) is 3.45. The van der Waals surface area contributed by atoms with E-state index in [-0.39, 0.29) is 11.1 Å². The van der Waals surface area contributed by atoms with Crippen LogP contribution in [0.15, 0.2) is 24.4 Å². The maximum atomic E-state index is 13.1. The second-order valence-corrected chi connectivity index (χ2v) is 4.17. The molecule has 0 saturated carbocycles. The first kappa shape index (κ1) is 12.1. The van der Waals surface area contributed by atoms with Crippen molar-refractivity contribution in [1.82, 2.24) is 9.97 Å². The lowest BCUT2D eigenvalue weighted by Gasteiger charge is -2.09. The predicted octanol–water partition coefficient (Wildman–Crippen LogP) is 3.97. The second-order valence-electron chi connectivity index (χ2n) is 3.42. The highest BCUT2D eigenvalue weighted by Gasteiger charge is 2.06. The zero-order valence-electron chi connectivity index (χ0n) is 8.84. The number of hydrogen-bond donors (Lipinski definition) is 1. The van der Waals surface area contributed by atoms with Crippen molar-refractivity contribution >= 4 is 34.7 Å². The van der Waals surface area contributed by atoms with Gasteiger partial charge in [-0.1, -0.05) is 11.6 Å². The third-order valence-corrected chi connectivity index (χ3v) is 2.64. The van der Waals surface area contributed by atoms with Gasteiger partial charge in [0.15, 0.2) is 0 Å². The first-order chi connectivity index (χ1) is 8.06. The van der Waals surface area contributed by atoms with Crippen LogP contribution < -0.4 is 5.32 Å². The molecular formula is C11H8Cl2FN3. The van der Waals surface area contributed by atoms with Crippen molar-refractivity contribution in [1.29, 1.82) is 0 Å². The van der Waals surface area contributed by atoms with E-state index in [4.69, 9.17) is 23.2 Å². The molecule has 6 heteroatoms. The summed E-state index contributed by atoms with van der Waals surface area (Å²) in [5.74, 6) is 0.118. The van der Waals surface area contributed by atoms with Gasteiger partial charge in [-0.25, -0.2) is 14.4 Å². The van der Waals surface area contributed by atoms with E-state index in [1.165, 1.54) is 18.2 Å². The second kappa shape index (κ2) is 4.85. The van der Waals surface area contributed by atoms with Gasteiger partial charge in [-0.2, -0.15) is 0 Å². The van der Waals surface area contributed by atoms with E-state index in [0.29, 0.717) is 16.5 Å². The number of nitrogens with one attached hydrogen (secondary N) is 1. The zero-order valence-corrected chi connectivity index (χ0v) is 10.3. The molecule has 0 aliphatic carbocycles. The van der Waals surface area contributed by atoms with Crippen LogP contribution in [0.25, 0.3) is 0 Å². The van der Waals surface area contributed by atoms with Crippen LogP contribution in [0.4, 0.5) is 15.9 Å². The van der Waals surface area contributed by atoms with Crippen molar-refractivity contribution in [3.05, 3.63) is 46.1 Å². The maximum Gasteiger partial charge on any atom is 0.224 e. The van der Waals surface area contributed by atoms with Gasteiger partial charge in [-0.05, 0) is 36.7 Å². The average molecular weight is 272 g/mol. The van der Waals surface area contributed by atoms with Gasteiger partial charge < -0.3 is 5.32 Å². The summed E-state index contributed by atoms with van der Waals surface area (Å²) in [6, 6.07) is 4.04. The molecule has 0 bridgehead atoms. The van der Waals surface area contributed by atoms with Crippen molar-refractivity contribution in [3.63, 3.8) is 0 Å². The summed E-state index contributed by atoms with van der Waals surface area (Å²) in [5, 5.41) is 3.43. The molecule has 0 atom stereocenters. The van der Waals surface area contributed by atoms with Crippen molar-refractivity contribution in [3.8, 4) is 0 Å². The Morgan fingerprint density at radius 1 is 1.29 bits per heavy atom. The molecule has 1 heterocycles. The zero-order chi connectivity index (χ0) is 12.4. The Morgan fingerprint density at radius 3 is 2.82 bits per heavy atom. The first-order valence-electron chi connectivity index (χ1n) is 4.77. The van der Waals surface area contributed by atoms with Gasteiger partial charge in [-0.15, -0.1) is 0 Å².